The lowest BCUT2D eigenvalue weighted by Crippen LogP contribution is -2.42. The Labute approximate surface area is 195 Å². The summed E-state index contributed by atoms with van der Waals surface area (Å²) in [6.45, 7) is 1.13. The van der Waals surface area contributed by atoms with Gasteiger partial charge in [-0.3, -0.25) is 9.98 Å². The van der Waals surface area contributed by atoms with E-state index in [4.69, 9.17) is 9.47 Å². The molecule has 0 aliphatic heterocycles. The Morgan fingerprint density at radius 3 is 2.57 bits per heavy atom. The third-order valence-electron chi connectivity index (χ3n) is 4.12. The first-order valence-corrected chi connectivity index (χ1v) is 10.4. The molecule has 1 aromatic heterocycles. The molecule has 166 valence electrons. The van der Waals surface area contributed by atoms with E-state index in [9.17, 15) is 8.42 Å². The topological polar surface area (TPSA) is 105 Å². The number of ether oxygens (including phenoxy) is 2. The van der Waals surface area contributed by atoms with E-state index in [-0.39, 0.29) is 35.4 Å². The molecule has 0 unspecified atom stereocenters. The van der Waals surface area contributed by atoms with Crippen molar-refractivity contribution in [2.45, 2.75) is 11.4 Å². The lowest BCUT2D eigenvalue weighted by molar-refractivity contribution is 0.382. The Bertz CT molecular complexity index is 926. The number of hydrogen-bond donors (Lipinski definition) is 2. The minimum atomic E-state index is -3.58. The monoisotopic (exact) mass is 549 g/mol. The lowest BCUT2D eigenvalue weighted by atomic mass is 10.2. The number of benzene rings is 1. The maximum atomic E-state index is 12.2. The van der Waals surface area contributed by atoms with Crippen molar-refractivity contribution in [3.8, 4) is 11.5 Å². The van der Waals surface area contributed by atoms with E-state index in [0.29, 0.717) is 19.0 Å². The highest BCUT2D eigenvalue weighted by Crippen LogP contribution is 2.25. The van der Waals surface area contributed by atoms with Crippen molar-refractivity contribution in [3.05, 3.63) is 48.3 Å². The molecule has 0 spiro atoms. The third kappa shape index (κ3) is 7.29. The SMILES string of the molecule is CN=C(NCCNS(=O)(=O)c1cccnc1)N(C)Cc1ccc(OC)cc1OC.I. The fourth-order valence-corrected chi connectivity index (χ4v) is 3.64. The van der Waals surface area contributed by atoms with Crippen LogP contribution < -0.4 is 19.5 Å². The highest BCUT2D eigenvalue weighted by molar-refractivity contribution is 14.0. The molecule has 0 fully saturated rings. The van der Waals surface area contributed by atoms with Crippen LogP contribution in [0.1, 0.15) is 5.56 Å². The molecule has 0 aliphatic carbocycles. The molecule has 0 atom stereocenters. The fraction of sp³-hybridized carbons (Fsp3) is 0.368. The number of nitrogens with one attached hydrogen (secondary N) is 2. The molecule has 0 saturated heterocycles. The second-order valence-corrected chi connectivity index (χ2v) is 7.86. The smallest absolute Gasteiger partial charge is 0.242 e. The third-order valence-corrected chi connectivity index (χ3v) is 5.57. The van der Waals surface area contributed by atoms with Gasteiger partial charge in [0.1, 0.15) is 16.4 Å². The summed E-state index contributed by atoms with van der Waals surface area (Å²) in [6, 6.07) is 8.71. The van der Waals surface area contributed by atoms with E-state index >= 15 is 0 Å². The van der Waals surface area contributed by atoms with Crippen LogP contribution in [0, 0.1) is 0 Å². The second kappa shape index (κ2) is 12.5. The predicted molar refractivity (Wildman–Crippen MR) is 127 cm³/mol. The molecule has 1 heterocycles. The van der Waals surface area contributed by atoms with Gasteiger partial charge in [0.25, 0.3) is 0 Å². The van der Waals surface area contributed by atoms with Gasteiger partial charge in [-0.1, -0.05) is 0 Å². The van der Waals surface area contributed by atoms with Crippen molar-refractivity contribution in [1.82, 2.24) is 19.9 Å². The predicted octanol–water partition coefficient (Wildman–Crippen LogP) is 1.70. The molecule has 2 N–H and O–H groups in total. The quantitative estimate of drug-likeness (QED) is 0.212. The van der Waals surface area contributed by atoms with E-state index in [1.807, 2.05) is 30.1 Å². The standard InChI is InChI=1S/C19H27N5O4S.HI/c1-20-19(22-10-11-23-29(25,26)17-6-5-9-21-13-17)24(2)14-15-7-8-16(27-3)12-18(15)28-4;/h5-9,12-13,23H,10-11,14H2,1-4H3,(H,20,22);1H. The number of aromatic nitrogens is 1. The van der Waals surface area contributed by atoms with E-state index in [1.54, 1.807) is 27.3 Å². The molecule has 2 rings (SSSR count). The van der Waals surface area contributed by atoms with Crippen molar-refractivity contribution in [2.24, 2.45) is 4.99 Å². The Morgan fingerprint density at radius 2 is 1.97 bits per heavy atom. The molecule has 9 nitrogen and oxygen atoms in total. The molecular formula is C19H28IN5O4S. The highest BCUT2D eigenvalue weighted by Gasteiger charge is 2.14. The first-order chi connectivity index (χ1) is 13.9. The summed E-state index contributed by atoms with van der Waals surface area (Å²) in [7, 11) is 3.19. The number of methoxy groups -OCH3 is 2. The lowest BCUT2D eigenvalue weighted by Gasteiger charge is -2.23. The minimum absolute atomic E-state index is 0. The largest absolute Gasteiger partial charge is 0.497 e. The summed E-state index contributed by atoms with van der Waals surface area (Å²) in [5.41, 5.74) is 0.969. The molecule has 0 saturated carbocycles. The number of sulfonamides is 1. The van der Waals surface area contributed by atoms with Crippen LogP contribution in [0.2, 0.25) is 0 Å². The van der Waals surface area contributed by atoms with Gasteiger partial charge in [-0.25, -0.2) is 13.1 Å². The second-order valence-electron chi connectivity index (χ2n) is 6.09. The Kier molecular flexibility index (Phi) is 10.8. The Balaban J connectivity index is 0.00000450. The van der Waals surface area contributed by atoms with Crippen LogP contribution in [0.15, 0.2) is 52.6 Å². The molecule has 11 heteroatoms. The van der Waals surface area contributed by atoms with Crippen LogP contribution >= 0.6 is 24.0 Å². The van der Waals surface area contributed by atoms with Gasteiger partial charge in [-0.05, 0) is 24.3 Å². The number of nitrogens with zero attached hydrogens (tertiary/aromatic N) is 3. The average Bonchev–Trinajstić information content (AvgIpc) is 2.74. The van der Waals surface area contributed by atoms with Gasteiger partial charge < -0.3 is 19.7 Å². The summed E-state index contributed by atoms with van der Waals surface area (Å²) in [6.07, 6.45) is 2.84. The van der Waals surface area contributed by atoms with E-state index < -0.39 is 10.0 Å². The van der Waals surface area contributed by atoms with Crippen LogP contribution in [0.25, 0.3) is 0 Å². The molecular weight excluding hydrogens is 521 g/mol. The Hall–Kier alpha value is -2.12. The van der Waals surface area contributed by atoms with Gasteiger partial charge >= 0.3 is 0 Å². The van der Waals surface area contributed by atoms with Crippen LogP contribution in [0.4, 0.5) is 0 Å². The van der Waals surface area contributed by atoms with E-state index in [0.717, 1.165) is 17.1 Å². The zero-order chi connectivity index (χ0) is 21.3. The van der Waals surface area contributed by atoms with Gasteiger partial charge in [0.15, 0.2) is 5.96 Å². The van der Waals surface area contributed by atoms with Crippen molar-refractivity contribution in [2.75, 3.05) is 41.4 Å². The van der Waals surface area contributed by atoms with Gasteiger partial charge in [-0.2, -0.15) is 0 Å². The highest BCUT2D eigenvalue weighted by atomic mass is 127. The van der Waals surface area contributed by atoms with Crippen LogP contribution in [-0.4, -0.2) is 65.7 Å². The molecule has 0 aliphatic rings. The van der Waals surface area contributed by atoms with Crippen molar-refractivity contribution in [1.29, 1.82) is 0 Å². The van der Waals surface area contributed by atoms with Gasteiger partial charge in [0.05, 0.1) is 14.2 Å². The number of aliphatic imine (C=N–C) groups is 1. The first kappa shape index (κ1) is 25.9. The molecule has 0 amide bonds. The van der Waals surface area contributed by atoms with Crippen LogP contribution in [0.3, 0.4) is 0 Å². The summed E-state index contributed by atoms with van der Waals surface area (Å²) in [4.78, 5) is 10.1. The van der Waals surface area contributed by atoms with Gasteiger partial charge in [0.2, 0.25) is 10.0 Å². The minimum Gasteiger partial charge on any atom is -0.497 e. The zero-order valence-electron chi connectivity index (χ0n) is 17.5. The maximum Gasteiger partial charge on any atom is 0.242 e. The number of hydrogen-bond acceptors (Lipinski definition) is 6. The molecule has 1 aromatic carbocycles. The van der Waals surface area contributed by atoms with E-state index in [2.05, 4.69) is 20.0 Å². The summed E-state index contributed by atoms with van der Waals surface area (Å²) < 4.78 is 37.6. The van der Waals surface area contributed by atoms with Crippen molar-refractivity contribution < 1.29 is 17.9 Å². The van der Waals surface area contributed by atoms with Gasteiger partial charge in [0, 0.05) is 57.8 Å². The maximum absolute atomic E-state index is 12.2. The first-order valence-electron chi connectivity index (χ1n) is 8.93. The van der Waals surface area contributed by atoms with E-state index in [1.165, 1.54) is 18.5 Å². The zero-order valence-corrected chi connectivity index (χ0v) is 20.6. The fourth-order valence-electron chi connectivity index (χ4n) is 2.65. The van der Waals surface area contributed by atoms with Gasteiger partial charge in [-0.15, -0.1) is 24.0 Å². The normalized spacial score (nSPS) is 11.4. The number of rotatable bonds is 9. The average molecular weight is 549 g/mol. The molecule has 0 radical (unpaired) electrons. The summed E-state index contributed by atoms with van der Waals surface area (Å²) in [5, 5.41) is 3.14. The Morgan fingerprint density at radius 1 is 1.20 bits per heavy atom. The van der Waals surface area contributed by atoms with Crippen LogP contribution in [-0.2, 0) is 16.6 Å². The molecule has 2 aromatic rings. The molecule has 0 bridgehead atoms. The summed E-state index contributed by atoms with van der Waals surface area (Å²) >= 11 is 0. The number of guanidine groups is 1. The van der Waals surface area contributed by atoms with Crippen molar-refractivity contribution in [3.63, 3.8) is 0 Å². The van der Waals surface area contributed by atoms with Crippen LogP contribution in [0.5, 0.6) is 11.5 Å². The number of pyridine rings is 1. The number of halogens is 1. The molecule has 30 heavy (non-hydrogen) atoms. The van der Waals surface area contributed by atoms with Crippen molar-refractivity contribution >= 4 is 40.0 Å². The summed E-state index contributed by atoms with van der Waals surface area (Å²) in [5.74, 6) is 2.07.